The summed E-state index contributed by atoms with van der Waals surface area (Å²) in [6.07, 6.45) is 5.21. The molecule has 1 aromatic carbocycles. The Morgan fingerprint density at radius 2 is 2.12 bits per heavy atom. The van der Waals surface area contributed by atoms with Crippen molar-refractivity contribution < 1.29 is 0 Å². The molecule has 0 amide bonds. The summed E-state index contributed by atoms with van der Waals surface area (Å²) >= 11 is 6.19. The van der Waals surface area contributed by atoms with Gasteiger partial charge in [0, 0.05) is 11.1 Å². The van der Waals surface area contributed by atoms with Crippen LogP contribution in [0.2, 0.25) is 5.02 Å². The molecule has 0 spiro atoms. The maximum Gasteiger partial charge on any atom is 0.0438 e. The van der Waals surface area contributed by atoms with Crippen molar-refractivity contribution in [2.75, 3.05) is 6.54 Å². The van der Waals surface area contributed by atoms with Crippen LogP contribution in [-0.4, -0.2) is 12.6 Å². The summed E-state index contributed by atoms with van der Waals surface area (Å²) in [4.78, 5) is 0. The largest absolute Gasteiger partial charge is 0.314 e. The predicted molar refractivity (Wildman–Crippen MR) is 70.0 cm³/mol. The van der Waals surface area contributed by atoms with Crippen LogP contribution in [0.1, 0.15) is 31.7 Å². The standard InChI is InChI=1S/C14H20ClN/c1-2-16-13(9-11-7-8-11)10-12-5-3-4-6-14(12)15/h3-6,11,13,16H,2,7-10H2,1H3. The van der Waals surface area contributed by atoms with Gasteiger partial charge in [-0.1, -0.05) is 49.6 Å². The van der Waals surface area contributed by atoms with E-state index in [0.29, 0.717) is 6.04 Å². The molecule has 1 unspecified atom stereocenters. The Kier molecular flexibility index (Phi) is 4.25. The highest BCUT2D eigenvalue weighted by Crippen LogP contribution is 2.34. The van der Waals surface area contributed by atoms with Crippen molar-refractivity contribution >= 4 is 11.6 Å². The minimum absolute atomic E-state index is 0.595. The van der Waals surface area contributed by atoms with Crippen molar-refractivity contribution in [3.63, 3.8) is 0 Å². The molecule has 1 aromatic rings. The first-order valence-corrected chi connectivity index (χ1v) is 6.64. The van der Waals surface area contributed by atoms with Crippen LogP contribution in [0.15, 0.2) is 24.3 Å². The Bertz CT molecular complexity index is 333. The maximum absolute atomic E-state index is 6.19. The number of halogens is 1. The van der Waals surface area contributed by atoms with Crippen LogP contribution < -0.4 is 5.32 Å². The Morgan fingerprint density at radius 1 is 1.38 bits per heavy atom. The van der Waals surface area contributed by atoms with Gasteiger partial charge in [-0.3, -0.25) is 0 Å². The van der Waals surface area contributed by atoms with Crippen molar-refractivity contribution in [1.82, 2.24) is 5.32 Å². The second-order valence-electron chi connectivity index (χ2n) is 4.73. The molecular weight excluding hydrogens is 218 g/mol. The Hall–Kier alpha value is -0.530. The SMILES string of the molecule is CCNC(Cc1ccccc1Cl)CC1CC1. The zero-order valence-electron chi connectivity index (χ0n) is 9.88. The molecule has 0 radical (unpaired) electrons. The molecule has 1 atom stereocenters. The van der Waals surface area contributed by atoms with E-state index in [1.54, 1.807) is 0 Å². The molecular formula is C14H20ClN. The molecule has 0 saturated heterocycles. The van der Waals surface area contributed by atoms with E-state index in [9.17, 15) is 0 Å². The van der Waals surface area contributed by atoms with E-state index >= 15 is 0 Å². The predicted octanol–water partition coefficient (Wildman–Crippen LogP) is 3.66. The maximum atomic E-state index is 6.19. The quantitative estimate of drug-likeness (QED) is 0.796. The van der Waals surface area contributed by atoms with Gasteiger partial charge in [-0.2, -0.15) is 0 Å². The molecule has 2 heteroatoms. The van der Waals surface area contributed by atoms with E-state index in [-0.39, 0.29) is 0 Å². The third-order valence-electron chi connectivity index (χ3n) is 3.23. The number of benzene rings is 1. The van der Waals surface area contributed by atoms with Crippen LogP contribution in [0.5, 0.6) is 0 Å². The summed E-state index contributed by atoms with van der Waals surface area (Å²) in [5, 5.41) is 4.47. The van der Waals surface area contributed by atoms with Crippen LogP contribution in [-0.2, 0) is 6.42 Å². The smallest absolute Gasteiger partial charge is 0.0438 e. The minimum atomic E-state index is 0.595. The van der Waals surface area contributed by atoms with E-state index < -0.39 is 0 Å². The summed E-state index contributed by atoms with van der Waals surface area (Å²) in [6, 6.07) is 8.78. The monoisotopic (exact) mass is 237 g/mol. The zero-order chi connectivity index (χ0) is 11.4. The summed E-state index contributed by atoms with van der Waals surface area (Å²) in [5.74, 6) is 0.964. The molecule has 0 aromatic heterocycles. The summed E-state index contributed by atoms with van der Waals surface area (Å²) in [7, 11) is 0. The zero-order valence-corrected chi connectivity index (χ0v) is 10.6. The molecule has 16 heavy (non-hydrogen) atoms. The van der Waals surface area contributed by atoms with Gasteiger partial charge in [-0.05, 0) is 36.9 Å². The Morgan fingerprint density at radius 3 is 2.75 bits per heavy atom. The van der Waals surface area contributed by atoms with Gasteiger partial charge in [0.2, 0.25) is 0 Å². The molecule has 88 valence electrons. The van der Waals surface area contributed by atoms with Gasteiger partial charge in [-0.25, -0.2) is 0 Å². The van der Waals surface area contributed by atoms with Gasteiger partial charge in [0.25, 0.3) is 0 Å². The first kappa shape index (κ1) is 11.9. The fourth-order valence-corrected chi connectivity index (χ4v) is 2.43. The number of hydrogen-bond donors (Lipinski definition) is 1. The lowest BCUT2D eigenvalue weighted by atomic mass is 10.0. The third-order valence-corrected chi connectivity index (χ3v) is 3.60. The highest BCUT2D eigenvalue weighted by atomic mass is 35.5. The number of nitrogens with one attached hydrogen (secondary N) is 1. The third kappa shape index (κ3) is 3.50. The lowest BCUT2D eigenvalue weighted by Gasteiger charge is -2.18. The van der Waals surface area contributed by atoms with Crippen molar-refractivity contribution in [3.05, 3.63) is 34.9 Å². The first-order valence-electron chi connectivity index (χ1n) is 6.26. The van der Waals surface area contributed by atoms with Crippen molar-refractivity contribution in [2.24, 2.45) is 5.92 Å². The lowest BCUT2D eigenvalue weighted by molar-refractivity contribution is 0.466. The molecule has 0 heterocycles. The van der Waals surface area contributed by atoms with Crippen LogP contribution in [0.25, 0.3) is 0 Å². The molecule has 1 aliphatic carbocycles. The Labute approximate surface area is 103 Å². The molecule has 1 fully saturated rings. The average molecular weight is 238 g/mol. The minimum Gasteiger partial charge on any atom is -0.314 e. The summed E-state index contributed by atoms with van der Waals surface area (Å²) in [6.45, 7) is 3.22. The van der Waals surface area contributed by atoms with E-state index in [1.165, 1.54) is 24.8 Å². The second kappa shape index (κ2) is 5.70. The molecule has 0 aliphatic heterocycles. The van der Waals surface area contributed by atoms with E-state index in [1.807, 2.05) is 12.1 Å². The fraction of sp³-hybridized carbons (Fsp3) is 0.571. The van der Waals surface area contributed by atoms with Crippen molar-refractivity contribution in [2.45, 2.75) is 38.6 Å². The van der Waals surface area contributed by atoms with Crippen LogP contribution >= 0.6 is 11.6 Å². The van der Waals surface area contributed by atoms with E-state index in [4.69, 9.17) is 11.6 Å². The normalized spacial score (nSPS) is 17.4. The van der Waals surface area contributed by atoms with Gasteiger partial charge in [0.1, 0.15) is 0 Å². The van der Waals surface area contributed by atoms with Crippen molar-refractivity contribution in [1.29, 1.82) is 0 Å². The summed E-state index contributed by atoms with van der Waals surface area (Å²) < 4.78 is 0. The highest BCUT2D eigenvalue weighted by Gasteiger charge is 2.25. The first-order chi connectivity index (χ1) is 7.79. The molecule has 0 bridgehead atoms. The lowest BCUT2D eigenvalue weighted by Crippen LogP contribution is -2.31. The average Bonchev–Trinajstić information content (AvgIpc) is 3.06. The van der Waals surface area contributed by atoms with Gasteiger partial charge in [0.05, 0.1) is 0 Å². The van der Waals surface area contributed by atoms with E-state index in [2.05, 4.69) is 24.4 Å². The van der Waals surface area contributed by atoms with Gasteiger partial charge in [-0.15, -0.1) is 0 Å². The highest BCUT2D eigenvalue weighted by molar-refractivity contribution is 6.31. The second-order valence-corrected chi connectivity index (χ2v) is 5.14. The molecule has 2 rings (SSSR count). The Balaban J connectivity index is 1.95. The van der Waals surface area contributed by atoms with Gasteiger partial charge < -0.3 is 5.32 Å². The summed E-state index contributed by atoms with van der Waals surface area (Å²) in [5.41, 5.74) is 1.27. The topological polar surface area (TPSA) is 12.0 Å². The number of hydrogen-bond acceptors (Lipinski definition) is 1. The molecule has 1 aliphatic rings. The number of likely N-dealkylation sites (N-methyl/N-ethyl adjacent to an activating group) is 1. The molecule has 1 nitrogen and oxygen atoms in total. The van der Waals surface area contributed by atoms with Gasteiger partial charge in [0.15, 0.2) is 0 Å². The van der Waals surface area contributed by atoms with Crippen LogP contribution in [0.4, 0.5) is 0 Å². The van der Waals surface area contributed by atoms with Crippen LogP contribution in [0, 0.1) is 5.92 Å². The van der Waals surface area contributed by atoms with Crippen molar-refractivity contribution in [3.8, 4) is 0 Å². The molecule has 1 N–H and O–H groups in total. The van der Waals surface area contributed by atoms with Crippen LogP contribution in [0.3, 0.4) is 0 Å². The number of rotatable bonds is 6. The fourth-order valence-electron chi connectivity index (χ4n) is 2.21. The van der Waals surface area contributed by atoms with E-state index in [0.717, 1.165) is 23.9 Å². The van der Waals surface area contributed by atoms with Gasteiger partial charge >= 0.3 is 0 Å². The molecule has 1 saturated carbocycles.